The zero-order valence-corrected chi connectivity index (χ0v) is 72.0. The van der Waals surface area contributed by atoms with Crippen LogP contribution in [0, 0.1) is 19.1 Å². The molecule has 9 nitrogen and oxygen atoms in total. The molecule has 6 heterocycles. The molecule has 3 fully saturated rings. The van der Waals surface area contributed by atoms with E-state index < -0.39 is 55.0 Å². The van der Waals surface area contributed by atoms with Crippen LogP contribution in [0.3, 0.4) is 0 Å². The Labute approximate surface area is 670 Å². The average molecular weight is 1640 g/mol. The number of pyridine rings is 3. The number of aryl methyl sites for hydroxylation is 1. The van der Waals surface area contributed by atoms with E-state index >= 15 is 0 Å². The number of hydrogen-bond acceptors (Lipinski definition) is 9. The Morgan fingerprint density at radius 2 is 0.527 bits per heavy atom. The molecule has 0 bridgehead atoms. The van der Waals surface area contributed by atoms with Crippen LogP contribution in [-0.4, -0.2) is 69.9 Å². The normalized spacial score (nSPS) is 21.0. The van der Waals surface area contributed by atoms with Crippen molar-refractivity contribution < 1.29 is 48.0 Å². The molecule has 0 saturated carbocycles. The third-order valence-corrected chi connectivity index (χ3v) is 26.9. The fraction of sp³-hybridized carbons (Fsp3) is 0.412. The van der Waals surface area contributed by atoms with Crippen molar-refractivity contribution in [2.75, 3.05) is 0 Å². The number of hydrogen-bond donors (Lipinski definition) is 0. The largest absolute Gasteiger partial charge is 0.494 e. The fourth-order valence-electron chi connectivity index (χ4n) is 19.3. The predicted molar refractivity (Wildman–Crippen MR) is 450 cm³/mol. The first-order valence-electron chi connectivity index (χ1n) is 39.6. The van der Waals surface area contributed by atoms with E-state index in [9.17, 15) is 0 Å². The van der Waals surface area contributed by atoms with E-state index in [0.717, 1.165) is 142 Å². The second-order valence-corrected chi connectivity index (χ2v) is 39.7. The number of nitrogens with zero attached hydrogens (tertiary/aromatic N) is 3. The van der Waals surface area contributed by atoms with Gasteiger partial charge in [-0.05, 0) is 319 Å². The molecule has 0 amide bonds. The summed E-state index contributed by atoms with van der Waals surface area (Å²) in [5, 5.41) is 0. The minimum Gasteiger partial charge on any atom is -0.400 e. The zero-order valence-electron chi connectivity index (χ0n) is 69.6. The summed E-state index contributed by atoms with van der Waals surface area (Å²) in [4.78, 5) is 16.1. The van der Waals surface area contributed by atoms with E-state index in [1.54, 1.807) is 0 Å². The van der Waals surface area contributed by atoms with Gasteiger partial charge in [0.25, 0.3) is 0 Å². The van der Waals surface area contributed by atoms with Crippen molar-refractivity contribution in [3.63, 3.8) is 0 Å². The topological polar surface area (TPSA) is 94.1 Å². The van der Waals surface area contributed by atoms with E-state index in [2.05, 4.69) is 325 Å². The van der Waals surface area contributed by atoms with Crippen LogP contribution in [0.5, 0.6) is 0 Å². The summed E-state index contributed by atoms with van der Waals surface area (Å²) in [5.41, 5.74) is 27.5. The molecule has 0 atom stereocenters. The summed E-state index contributed by atoms with van der Waals surface area (Å²) in [7, 11) is -1.52. The SMILES string of the molecule is Cc1ccc(B2OC(C)(C)C(C)(C)O2)cc1-c1ccc(-c2cc3c(cc2-c2cc(-c4cc5c(cc4-c4ccc(-c6[c-]ccc(B7OC(C)(C)C(C)(C)O7)c6)nc4)C(C)(C)CC5(C)C)cc(-c4cc5c(cc4-c4ccc(-c6[c-]ccc(B7OC(C)(C)C(C)(C)O7)c6)nc4)C(C)(C)CC5(C)C)c2)C(C)(C)CC3(C)C)cn1.[Ir]. The molecule has 1 radical (unpaired) electrons. The van der Waals surface area contributed by atoms with Gasteiger partial charge in [0, 0.05) is 49.8 Å². The molecule has 110 heavy (non-hydrogen) atoms. The van der Waals surface area contributed by atoms with Gasteiger partial charge in [0.2, 0.25) is 0 Å². The van der Waals surface area contributed by atoms with Crippen molar-refractivity contribution in [2.45, 2.75) is 258 Å². The van der Waals surface area contributed by atoms with Gasteiger partial charge in [-0.15, -0.1) is 70.6 Å². The summed E-state index contributed by atoms with van der Waals surface area (Å²) in [6, 6.07) is 61.8. The van der Waals surface area contributed by atoms with Crippen LogP contribution in [-0.2, 0) is 80.5 Å². The Balaban J connectivity index is 0.00000961. The Hall–Kier alpha value is -7.41. The van der Waals surface area contributed by atoms with Crippen molar-refractivity contribution in [2.24, 2.45) is 0 Å². The molecule has 10 aromatic rings. The van der Waals surface area contributed by atoms with E-state index in [-0.39, 0.29) is 52.6 Å². The number of rotatable bonds is 12. The van der Waals surface area contributed by atoms with Crippen molar-refractivity contribution in [1.29, 1.82) is 0 Å². The summed E-state index contributed by atoms with van der Waals surface area (Å²) in [6.45, 7) is 56.5. The van der Waals surface area contributed by atoms with Gasteiger partial charge < -0.3 is 37.9 Å². The van der Waals surface area contributed by atoms with Crippen LogP contribution in [0.15, 0.2) is 164 Å². The molecule has 16 rings (SSSR count). The molecule has 567 valence electrons. The maximum atomic E-state index is 6.61. The maximum absolute atomic E-state index is 6.61. The third kappa shape index (κ3) is 13.2. The van der Waals surface area contributed by atoms with Crippen molar-refractivity contribution in [3.05, 3.63) is 215 Å². The summed E-state index contributed by atoms with van der Waals surface area (Å²) >= 11 is 0. The van der Waals surface area contributed by atoms with Crippen LogP contribution in [0.2, 0.25) is 0 Å². The molecule has 0 N–H and O–H groups in total. The first-order chi connectivity index (χ1) is 50.7. The van der Waals surface area contributed by atoms with E-state index in [1.165, 1.54) is 33.4 Å². The molecule has 3 aliphatic carbocycles. The van der Waals surface area contributed by atoms with E-state index in [0.29, 0.717) is 0 Å². The monoisotopic (exact) mass is 1640 g/mol. The van der Waals surface area contributed by atoms with Gasteiger partial charge in [-0.3, -0.25) is 4.98 Å². The molecule has 6 aliphatic rings. The third-order valence-electron chi connectivity index (χ3n) is 26.9. The van der Waals surface area contributed by atoms with Gasteiger partial charge in [0.05, 0.1) is 39.3 Å². The van der Waals surface area contributed by atoms with Gasteiger partial charge in [0.1, 0.15) is 0 Å². The smallest absolute Gasteiger partial charge is 0.400 e. The molecule has 3 aromatic heterocycles. The van der Waals surface area contributed by atoms with E-state index in [4.69, 9.17) is 42.9 Å². The average Bonchev–Trinajstić information content (AvgIpc) is 1.53. The van der Waals surface area contributed by atoms with Crippen LogP contribution in [0.25, 0.3) is 101 Å². The Morgan fingerprint density at radius 1 is 0.273 bits per heavy atom. The quantitative estimate of drug-likeness (QED) is 0.0876. The molecule has 13 heteroatoms. The molecule has 3 aliphatic heterocycles. The van der Waals surface area contributed by atoms with Crippen molar-refractivity contribution >= 4 is 37.7 Å². The van der Waals surface area contributed by atoms with Crippen molar-refractivity contribution in [3.8, 4) is 101 Å². The molecule has 0 unspecified atom stereocenters. The predicted octanol–water partition coefficient (Wildman–Crippen LogP) is 21.6. The first kappa shape index (κ1) is 77.9. The van der Waals surface area contributed by atoms with Gasteiger partial charge in [0.15, 0.2) is 0 Å². The first-order valence-corrected chi connectivity index (χ1v) is 39.6. The summed E-state index contributed by atoms with van der Waals surface area (Å²) in [5.74, 6) is 0. The Kier molecular flexibility index (Phi) is 18.5. The molecule has 3 saturated heterocycles. The summed E-state index contributed by atoms with van der Waals surface area (Å²) < 4.78 is 39.5. The van der Waals surface area contributed by atoms with Crippen LogP contribution in [0.4, 0.5) is 0 Å². The van der Waals surface area contributed by atoms with Crippen LogP contribution < -0.4 is 16.4 Å². The molecule has 0 spiro atoms. The number of fused-ring (bicyclic) bond motifs is 3. The van der Waals surface area contributed by atoms with Gasteiger partial charge in [-0.25, -0.2) is 0 Å². The second-order valence-electron chi connectivity index (χ2n) is 39.7. The maximum Gasteiger partial charge on any atom is 0.494 e. The minimum absolute atomic E-state index is 0. The number of aromatic nitrogens is 3. The van der Waals surface area contributed by atoms with Crippen molar-refractivity contribution in [1.82, 2.24) is 15.0 Å². The minimum atomic E-state index is -0.513. The Morgan fingerprint density at radius 3 is 0.791 bits per heavy atom. The zero-order chi connectivity index (χ0) is 77.9. The molecular weight excluding hydrogens is 1530 g/mol. The fourth-order valence-corrected chi connectivity index (χ4v) is 19.3. The van der Waals surface area contributed by atoms with Gasteiger partial charge in [-0.2, -0.15) is 0 Å². The standard InChI is InChI=1S/C97H108B3N3O6.Ir/c1-58-32-36-69(100-108-96(22,23)97(24,25)109-100)45-70(58)85-39-35-63(54-103-85)73-48-79-82(91(12,13)57-88(79,6)7)51-76(73)66-41-64(74-49-80-77(86(2,3)55-89(80,8)9)46-71(74)61-33-37-83(101-52-61)59-28-26-30-67(43-59)98-104-92(14,15)93(16,17)105-98)40-65(42-66)75-50-81-78(87(4,5)56-90(81,10)11)47-72(75)62-34-38-84(102-53-62)60-29-27-31-68(44-60)99-106-94(18,19)95(20,21)107-99;/h26-27,30-54H,55-57H2,1-25H3;/q-2;. The van der Waals surface area contributed by atoms with E-state index in [1.807, 2.05) is 24.3 Å². The van der Waals surface area contributed by atoms with Crippen LogP contribution >= 0.6 is 0 Å². The van der Waals surface area contributed by atoms with Gasteiger partial charge in [-0.1, -0.05) is 132 Å². The summed E-state index contributed by atoms with van der Waals surface area (Å²) in [6.07, 6.45) is 9.30. The Bertz CT molecular complexity index is 5090. The van der Waals surface area contributed by atoms with Crippen LogP contribution in [0.1, 0.15) is 224 Å². The molecular formula is C97H108B3IrN3O6-2. The number of benzene rings is 7. The van der Waals surface area contributed by atoms with Gasteiger partial charge >= 0.3 is 21.4 Å². The molecule has 7 aromatic carbocycles. The second kappa shape index (κ2) is 26.1.